The molecule has 0 aliphatic carbocycles. The number of hydrogen-bond donors (Lipinski definition) is 0. The van der Waals surface area contributed by atoms with Crippen molar-refractivity contribution in [3.63, 3.8) is 0 Å². The van der Waals surface area contributed by atoms with Crippen LogP contribution < -0.4 is 9.47 Å². The average molecular weight is 351 g/mol. The fourth-order valence-corrected chi connectivity index (χ4v) is 2.60. The van der Waals surface area contributed by atoms with Crippen LogP contribution in [0.25, 0.3) is 0 Å². The Morgan fingerprint density at radius 2 is 1.60 bits per heavy atom. The Hall–Kier alpha value is -3.03. The minimum absolute atomic E-state index is 0.130. The summed E-state index contributed by atoms with van der Waals surface area (Å²) >= 11 is 0. The Morgan fingerprint density at radius 3 is 2.12 bits per heavy atom. The summed E-state index contributed by atoms with van der Waals surface area (Å²) in [5.41, 5.74) is -1.50. The normalized spacial score (nSPS) is 13.9. The number of alkyl halides is 3. The predicted octanol–water partition coefficient (Wildman–Crippen LogP) is 3.55. The number of carbonyl (C=O) groups excluding carboxylic acids is 1. The second kappa shape index (κ2) is 5.80. The molecule has 0 saturated carbocycles. The first kappa shape index (κ1) is 16.8. The van der Waals surface area contributed by atoms with Gasteiger partial charge < -0.3 is 14.7 Å². The topological polar surface area (TPSA) is 61.6 Å². The van der Waals surface area contributed by atoms with E-state index in [9.17, 15) is 23.2 Å². The summed E-state index contributed by atoms with van der Waals surface area (Å²) in [5.74, 6) is -0.101. The molecule has 1 aliphatic rings. The molecular weight excluding hydrogens is 339 g/mol. The lowest BCUT2D eigenvalue weighted by Crippen LogP contribution is -2.17. The van der Waals surface area contributed by atoms with Crippen molar-refractivity contribution in [1.82, 2.24) is 0 Å². The van der Waals surface area contributed by atoms with Gasteiger partial charge >= 0.3 is 6.18 Å². The summed E-state index contributed by atoms with van der Waals surface area (Å²) in [4.78, 5) is 12.6. The van der Waals surface area contributed by atoms with E-state index in [-0.39, 0.29) is 22.5 Å². The summed E-state index contributed by atoms with van der Waals surface area (Å²) in [5, 5.41) is 12.5. The van der Waals surface area contributed by atoms with Gasteiger partial charge in [0, 0.05) is 12.1 Å². The van der Waals surface area contributed by atoms with Gasteiger partial charge in [0.15, 0.2) is 0 Å². The second-order valence-electron chi connectivity index (χ2n) is 5.30. The van der Waals surface area contributed by atoms with Crippen molar-refractivity contribution in [2.24, 2.45) is 0 Å². The van der Waals surface area contributed by atoms with Gasteiger partial charge in [0.05, 0.1) is 25.3 Å². The van der Waals surface area contributed by atoms with Crippen LogP contribution in [0.5, 0.6) is 11.5 Å². The van der Waals surface area contributed by atoms with Crippen molar-refractivity contribution in [2.45, 2.75) is 6.18 Å². The Balaban J connectivity index is 2.13. The standard InChI is InChI=1S/C17H12F3NO4/c1-24-11-5-9(6-12(8-11)25-2)15-16(22)13-7-10(17(18,19)20)3-4-14(13)21(15)23/h3-8H,1-2H3. The van der Waals surface area contributed by atoms with Crippen molar-refractivity contribution in [1.29, 1.82) is 0 Å². The van der Waals surface area contributed by atoms with E-state index in [0.29, 0.717) is 22.3 Å². The molecule has 1 heterocycles. The van der Waals surface area contributed by atoms with Crippen molar-refractivity contribution < 1.29 is 32.2 Å². The van der Waals surface area contributed by atoms with Gasteiger partial charge in [-0.15, -0.1) is 0 Å². The summed E-state index contributed by atoms with van der Waals surface area (Å²) in [6.07, 6.45) is -4.61. The first-order valence-corrected chi connectivity index (χ1v) is 7.10. The number of ether oxygens (including phenoxy) is 2. The predicted molar refractivity (Wildman–Crippen MR) is 82.7 cm³/mol. The number of nitrogens with zero attached hydrogens (tertiary/aromatic N) is 1. The molecule has 25 heavy (non-hydrogen) atoms. The number of methoxy groups -OCH3 is 2. The lowest BCUT2D eigenvalue weighted by Gasteiger charge is -2.07. The number of fused-ring (bicyclic) bond motifs is 1. The number of halogens is 3. The molecule has 0 bridgehead atoms. The highest BCUT2D eigenvalue weighted by Crippen LogP contribution is 2.36. The molecule has 1 aliphatic heterocycles. The zero-order chi connectivity index (χ0) is 18.4. The molecule has 0 atom stereocenters. The van der Waals surface area contributed by atoms with Crippen LogP contribution in [0.15, 0.2) is 36.4 Å². The van der Waals surface area contributed by atoms with E-state index < -0.39 is 17.5 Å². The highest BCUT2D eigenvalue weighted by Gasteiger charge is 2.40. The molecule has 8 heteroatoms. The van der Waals surface area contributed by atoms with E-state index in [1.165, 1.54) is 26.4 Å². The fraction of sp³-hybridized carbons (Fsp3) is 0.176. The summed E-state index contributed by atoms with van der Waals surface area (Å²) in [6, 6.07) is 6.88. The third-order valence-corrected chi connectivity index (χ3v) is 3.83. The van der Waals surface area contributed by atoms with Crippen LogP contribution in [-0.4, -0.2) is 30.5 Å². The molecule has 0 aromatic heterocycles. The molecule has 130 valence electrons. The molecule has 5 nitrogen and oxygen atoms in total. The zero-order valence-electron chi connectivity index (χ0n) is 13.2. The van der Waals surface area contributed by atoms with Crippen LogP contribution in [-0.2, 0) is 6.18 Å². The van der Waals surface area contributed by atoms with E-state index in [0.717, 1.165) is 12.1 Å². The van der Waals surface area contributed by atoms with Gasteiger partial charge in [0.1, 0.15) is 17.1 Å². The molecule has 0 amide bonds. The SMILES string of the molecule is COc1cc(OC)cc(C2=[N+]([O-])c3ccc(C(F)(F)F)cc3C2=O)c1. The maximum atomic E-state index is 12.9. The quantitative estimate of drug-likeness (QED) is 0.627. The first-order valence-electron chi connectivity index (χ1n) is 7.10. The van der Waals surface area contributed by atoms with Gasteiger partial charge in [-0.1, -0.05) is 0 Å². The zero-order valence-corrected chi connectivity index (χ0v) is 13.2. The van der Waals surface area contributed by atoms with Crippen molar-refractivity contribution in [3.05, 3.63) is 58.3 Å². The Labute approximate surface area is 140 Å². The van der Waals surface area contributed by atoms with E-state index in [4.69, 9.17) is 9.47 Å². The van der Waals surface area contributed by atoms with Crippen LogP contribution in [0.2, 0.25) is 0 Å². The maximum absolute atomic E-state index is 12.9. The summed E-state index contributed by atoms with van der Waals surface area (Å²) in [6.45, 7) is 0. The molecule has 0 N–H and O–H groups in total. The molecular formula is C17H12F3NO4. The monoisotopic (exact) mass is 351 g/mol. The Bertz CT molecular complexity index is 881. The molecule has 0 spiro atoms. The second-order valence-corrected chi connectivity index (χ2v) is 5.30. The number of benzene rings is 2. The van der Waals surface area contributed by atoms with Crippen molar-refractivity contribution in [3.8, 4) is 11.5 Å². The van der Waals surface area contributed by atoms with Crippen LogP contribution in [0.3, 0.4) is 0 Å². The lowest BCUT2D eigenvalue weighted by atomic mass is 10.0. The van der Waals surface area contributed by atoms with Gasteiger partial charge in [0.25, 0.3) is 11.5 Å². The number of carbonyl (C=O) groups is 1. The third kappa shape index (κ3) is 2.79. The van der Waals surface area contributed by atoms with Gasteiger partial charge in [-0.05, 0) is 24.3 Å². The average Bonchev–Trinajstić information content (AvgIpc) is 2.84. The molecule has 0 radical (unpaired) electrons. The third-order valence-electron chi connectivity index (χ3n) is 3.83. The minimum Gasteiger partial charge on any atom is -0.618 e. The minimum atomic E-state index is -4.61. The van der Waals surface area contributed by atoms with E-state index >= 15 is 0 Å². The van der Waals surface area contributed by atoms with E-state index in [1.807, 2.05) is 0 Å². The summed E-state index contributed by atoms with van der Waals surface area (Å²) in [7, 11) is 2.80. The highest BCUT2D eigenvalue weighted by molar-refractivity contribution is 6.52. The van der Waals surface area contributed by atoms with E-state index in [1.54, 1.807) is 6.07 Å². The van der Waals surface area contributed by atoms with Crippen LogP contribution in [0.4, 0.5) is 18.9 Å². The molecule has 3 rings (SSSR count). The first-order chi connectivity index (χ1) is 11.8. The number of rotatable bonds is 3. The van der Waals surface area contributed by atoms with Gasteiger partial charge in [-0.3, -0.25) is 4.79 Å². The largest absolute Gasteiger partial charge is 0.618 e. The van der Waals surface area contributed by atoms with Gasteiger partial charge in [-0.25, -0.2) is 0 Å². The lowest BCUT2D eigenvalue weighted by molar-refractivity contribution is -0.355. The molecule has 0 fully saturated rings. The van der Waals surface area contributed by atoms with Crippen molar-refractivity contribution in [2.75, 3.05) is 14.2 Å². The van der Waals surface area contributed by atoms with Crippen LogP contribution in [0.1, 0.15) is 21.5 Å². The van der Waals surface area contributed by atoms with Gasteiger partial charge in [-0.2, -0.15) is 17.9 Å². The fourth-order valence-electron chi connectivity index (χ4n) is 2.60. The molecule has 2 aromatic rings. The smallest absolute Gasteiger partial charge is 0.416 e. The summed E-state index contributed by atoms with van der Waals surface area (Å²) < 4.78 is 49.1. The van der Waals surface area contributed by atoms with E-state index in [2.05, 4.69) is 0 Å². The van der Waals surface area contributed by atoms with Crippen molar-refractivity contribution >= 4 is 17.2 Å². The Kier molecular flexibility index (Phi) is 3.90. The maximum Gasteiger partial charge on any atom is 0.416 e. The molecule has 0 saturated heterocycles. The highest BCUT2D eigenvalue weighted by atomic mass is 19.4. The van der Waals surface area contributed by atoms with Gasteiger partial charge in [0.2, 0.25) is 5.69 Å². The molecule has 0 unspecified atom stereocenters. The number of ketones is 1. The number of hydrogen-bond acceptors (Lipinski definition) is 4. The molecule has 2 aromatic carbocycles. The number of Topliss-reactive ketones (excluding diaryl/α,β-unsaturated/α-hetero) is 1. The Morgan fingerprint density at radius 1 is 1.00 bits per heavy atom. The van der Waals surface area contributed by atoms with Crippen LogP contribution >= 0.6 is 0 Å². The van der Waals surface area contributed by atoms with Crippen LogP contribution in [0, 0.1) is 5.21 Å².